The van der Waals surface area contributed by atoms with Crippen molar-refractivity contribution >= 4 is 11.6 Å². The number of ether oxygens (including phenoxy) is 1. The summed E-state index contributed by atoms with van der Waals surface area (Å²) in [5, 5.41) is 3.51. The molecule has 0 saturated carbocycles. The smallest absolute Gasteiger partial charge is 0.249 e. The summed E-state index contributed by atoms with van der Waals surface area (Å²) >= 11 is 6.29. The Balaban J connectivity index is 2.01. The summed E-state index contributed by atoms with van der Waals surface area (Å²) in [6, 6.07) is 9.68. The number of hydrogen-bond donors (Lipinski definition) is 0. The number of methoxy groups -OCH3 is 1. The van der Waals surface area contributed by atoms with Crippen molar-refractivity contribution in [2.45, 2.75) is 18.2 Å². The van der Waals surface area contributed by atoms with E-state index in [1.807, 2.05) is 30.3 Å². The van der Waals surface area contributed by atoms with Gasteiger partial charge in [-0.1, -0.05) is 35.5 Å². The van der Waals surface area contributed by atoms with E-state index in [2.05, 4.69) is 10.1 Å². The van der Waals surface area contributed by atoms with Crippen LogP contribution in [0.2, 0.25) is 0 Å². The Morgan fingerprint density at radius 2 is 2.11 bits per heavy atom. The third-order valence-corrected chi connectivity index (χ3v) is 2.98. The first-order valence-corrected chi connectivity index (χ1v) is 6.25. The normalized spacial score (nSPS) is 12.6. The Bertz CT molecular complexity index is 473. The maximum absolute atomic E-state index is 6.29. The number of hydrogen-bond acceptors (Lipinski definition) is 4. The van der Waals surface area contributed by atoms with Crippen LogP contribution in [0.3, 0.4) is 0 Å². The molecule has 1 heterocycles. The lowest BCUT2D eigenvalue weighted by Crippen LogP contribution is -1.96. The SMILES string of the molecule is COCCCc1noc(C(Cl)c2ccccc2)n1. The molecule has 0 fully saturated rings. The van der Waals surface area contributed by atoms with Crippen LogP contribution in [0, 0.1) is 0 Å². The van der Waals surface area contributed by atoms with Crippen LogP contribution in [0.25, 0.3) is 0 Å². The maximum atomic E-state index is 6.29. The summed E-state index contributed by atoms with van der Waals surface area (Å²) in [7, 11) is 1.67. The highest BCUT2D eigenvalue weighted by molar-refractivity contribution is 6.22. The molecule has 0 spiro atoms. The molecule has 0 radical (unpaired) electrons. The maximum Gasteiger partial charge on any atom is 0.249 e. The van der Waals surface area contributed by atoms with Gasteiger partial charge in [0.25, 0.3) is 0 Å². The molecule has 0 amide bonds. The molecule has 2 rings (SSSR count). The van der Waals surface area contributed by atoms with Gasteiger partial charge < -0.3 is 9.26 Å². The van der Waals surface area contributed by atoms with Crippen LogP contribution in [-0.2, 0) is 11.2 Å². The summed E-state index contributed by atoms with van der Waals surface area (Å²) in [5.74, 6) is 1.11. The summed E-state index contributed by atoms with van der Waals surface area (Å²) in [5.41, 5.74) is 0.950. The number of halogens is 1. The fourth-order valence-corrected chi connectivity index (χ4v) is 1.85. The number of nitrogens with zero attached hydrogens (tertiary/aromatic N) is 2. The topological polar surface area (TPSA) is 48.2 Å². The second kappa shape index (κ2) is 6.52. The largest absolute Gasteiger partial charge is 0.385 e. The summed E-state index contributed by atoms with van der Waals surface area (Å²) in [6.07, 6.45) is 1.60. The predicted octanol–water partition coefficient (Wildman–Crippen LogP) is 2.98. The van der Waals surface area contributed by atoms with Crippen molar-refractivity contribution in [2.75, 3.05) is 13.7 Å². The van der Waals surface area contributed by atoms with Gasteiger partial charge in [0.05, 0.1) is 0 Å². The van der Waals surface area contributed by atoms with Crippen molar-refractivity contribution in [1.82, 2.24) is 10.1 Å². The second-order valence-electron chi connectivity index (χ2n) is 3.92. The minimum atomic E-state index is -0.394. The van der Waals surface area contributed by atoms with Gasteiger partial charge in [0, 0.05) is 20.1 Å². The van der Waals surface area contributed by atoms with Crippen LogP contribution in [0.4, 0.5) is 0 Å². The Labute approximate surface area is 111 Å². The fraction of sp³-hybridized carbons (Fsp3) is 0.385. The van der Waals surface area contributed by atoms with E-state index in [0.717, 1.165) is 18.4 Å². The van der Waals surface area contributed by atoms with Crippen molar-refractivity contribution in [2.24, 2.45) is 0 Å². The summed E-state index contributed by atoms with van der Waals surface area (Å²) in [6.45, 7) is 0.687. The van der Waals surface area contributed by atoms with Crippen molar-refractivity contribution in [3.8, 4) is 0 Å². The average molecular weight is 267 g/mol. The highest BCUT2D eigenvalue weighted by Gasteiger charge is 2.17. The van der Waals surface area contributed by atoms with Gasteiger partial charge in [-0.15, -0.1) is 11.6 Å². The zero-order valence-corrected chi connectivity index (χ0v) is 10.9. The highest BCUT2D eigenvalue weighted by atomic mass is 35.5. The molecule has 1 atom stereocenters. The van der Waals surface area contributed by atoms with Crippen LogP contribution in [-0.4, -0.2) is 23.9 Å². The molecule has 18 heavy (non-hydrogen) atoms. The third-order valence-electron chi connectivity index (χ3n) is 2.54. The molecule has 5 heteroatoms. The molecule has 1 unspecified atom stereocenters. The molecule has 0 N–H and O–H groups in total. The minimum Gasteiger partial charge on any atom is -0.385 e. The molecule has 1 aromatic carbocycles. The molecule has 0 aliphatic rings. The van der Waals surface area contributed by atoms with Crippen LogP contribution >= 0.6 is 11.6 Å². The molecular formula is C13H15ClN2O2. The molecule has 0 aliphatic heterocycles. The van der Waals surface area contributed by atoms with E-state index >= 15 is 0 Å². The van der Waals surface area contributed by atoms with Crippen molar-refractivity contribution in [3.05, 3.63) is 47.6 Å². The van der Waals surface area contributed by atoms with Crippen molar-refractivity contribution in [1.29, 1.82) is 0 Å². The number of aryl methyl sites for hydroxylation is 1. The first-order chi connectivity index (χ1) is 8.81. The zero-order chi connectivity index (χ0) is 12.8. The Morgan fingerprint density at radius 1 is 1.33 bits per heavy atom. The van der Waals surface area contributed by atoms with Gasteiger partial charge in [0.15, 0.2) is 5.82 Å². The summed E-state index contributed by atoms with van der Waals surface area (Å²) in [4.78, 5) is 4.29. The number of rotatable bonds is 6. The highest BCUT2D eigenvalue weighted by Crippen LogP contribution is 2.26. The lowest BCUT2D eigenvalue weighted by Gasteiger charge is -2.03. The van der Waals surface area contributed by atoms with E-state index in [0.29, 0.717) is 18.3 Å². The molecule has 4 nitrogen and oxygen atoms in total. The Kier molecular flexibility index (Phi) is 4.73. The molecule has 0 bridgehead atoms. The van der Waals surface area contributed by atoms with Crippen LogP contribution in [0.5, 0.6) is 0 Å². The molecule has 0 saturated heterocycles. The van der Waals surface area contributed by atoms with E-state index < -0.39 is 5.38 Å². The van der Waals surface area contributed by atoms with Gasteiger partial charge in [0.1, 0.15) is 5.38 Å². The second-order valence-corrected chi connectivity index (χ2v) is 4.35. The molecule has 96 valence electrons. The first kappa shape index (κ1) is 13.1. The number of benzene rings is 1. The third kappa shape index (κ3) is 3.31. The van der Waals surface area contributed by atoms with Gasteiger partial charge in [-0.05, 0) is 12.0 Å². The molecule has 1 aromatic heterocycles. The lowest BCUT2D eigenvalue weighted by molar-refractivity contribution is 0.194. The average Bonchev–Trinajstić information content (AvgIpc) is 2.88. The van der Waals surface area contributed by atoms with Gasteiger partial charge in [-0.25, -0.2) is 0 Å². The zero-order valence-electron chi connectivity index (χ0n) is 10.2. The Hall–Kier alpha value is -1.39. The number of alkyl halides is 1. The Morgan fingerprint density at radius 3 is 2.83 bits per heavy atom. The van der Waals surface area contributed by atoms with E-state index in [4.69, 9.17) is 20.9 Å². The van der Waals surface area contributed by atoms with E-state index in [1.165, 1.54) is 0 Å². The van der Waals surface area contributed by atoms with E-state index in [1.54, 1.807) is 7.11 Å². The minimum absolute atomic E-state index is 0.394. The molecule has 0 aliphatic carbocycles. The first-order valence-electron chi connectivity index (χ1n) is 5.81. The van der Waals surface area contributed by atoms with Gasteiger partial charge in [0.2, 0.25) is 5.89 Å². The van der Waals surface area contributed by atoms with E-state index in [9.17, 15) is 0 Å². The number of aromatic nitrogens is 2. The lowest BCUT2D eigenvalue weighted by atomic mass is 10.1. The quantitative estimate of drug-likeness (QED) is 0.596. The monoisotopic (exact) mass is 266 g/mol. The van der Waals surface area contributed by atoms with Crippen LogP contribution in [0.1, 0.15) is 29.1 Å². The van der Waals surface area contributed by atoms with Gasteiger partial charge >= 0.3 is 0 Å². The predicted molar refractivity (Wildman–Crippen MR) is 68.6 cm³/mol. The standard InChI is InChI=1S/C13H15ClN2O2/c1-17-9-5-8-11-15-13(18-16-11)12(14)10-6-3-2-4-7-10/h2-4,6-7,12H,5,8-9H2,1H3. The van der Waals surface area contributed by atoms with Crippen LogP contribution in [0.15, 0.2) is 34.9 Å². The van der Waals surface area contributed by atoms with Gasteiger partial charge in [-0.3, -0.25) is 0 Å². The van der Waals surface area contributed by atoms with Gasteiger partial charge in [-0.2, -0.15) is 4.98 Å². The van der Waals surface area contributed by atoms with Crippen molar-refractivity contribution in [3.63, 3.8) is 0 Å². The fourth-order valence-electron chi connectivity index (χ4n) is 1.61. The molecular weight excluding hydrogens is 252 g/mol. The van der Waals surface area contributed by atoms with E-state index in [-0.39, 0.29) is 0 Å². The molecule has 2 aromatic rings. The summed E-state index contributed by atoms with van der Waals surface area (Å²) < 4.78 is 10.2. The van der Waals surface area contributed by atoms with Crippen molar-refractivity contribution < 1.29 is 9.26 Å². The van der Waals surface area contributed by atoms with Crippen LogP contribution < -0.4 is 0 Å².